The minimum absolute atomic E-state index is 0.338. The lowest BCUT2D eigenvalue weighted by Crippen LogP contribution is -2.13. The van der Waals surface area contributed by atoms with Gasteiger partial charge in [-0.05, 0) is 18.3 Å². The van der Waals surface area contributed by atoms with Gasteiger partial charge in [-0.15, -0.1) is 0 Å². The highest BCUT2D eigenvalue weighted by molar-refractivity contribution is 5.77. The molecule has 2 nitrogen and oxygen atoms in total. The molecule has 1 saturated carbocycles. The van der Waals surface area contributed by atoms with Gasteiger partial charge in [0.2, 0.25) is 0 Å². The Morgan fingerprint density at radius 1 is 1.75 bits per heavy atom. The van der Waals surface area contributed by atoms with E-state index in [0.29, 0.717) is 11.3 Å². The maximum atomic E-state index is 6.97. The van der Waals surface area contributed by atoms with Gasteiger partial charge in [0.15, 0.2) is 0 Å². The number of nitrogens with one attached hydrogen (secondary N) is 1. The molecular weight excluding hydrogens is 100 g/mol. The van der Waals surface area contributed by atoms with Crippen LogP contribution in [0.25, 0.3) is 0 Å². The zero-order chi connectivity index (χ0) is 6.20. The van der Waals surface area contributed by atoms with Crippen molar-refractivity contribution < 1.29 is 0 Å². The molecule has 1 aliphatic carbocycles. The summed E-state index contributed by atoms with van der Waals surface area (Å²) in [5, 5.41) is 6.97. The molecule has 0 amide bonds. The van der Waals surface area contributed by atoms with Gasteiger partial charge >= 0.3 is 0 Å². The molecule has 1 fully saturated rings. The Labute approximate surface area is 49.6 Å². The highest BCUT2D eigenvalue weighted by Crippen LogP contribution is 2.47. The third kappa shape index (κ3) is 1.22. The molecule has 2 heteroatoms. The minimum Gasteiger partial charge on any atom is -0.388 e. The standard InChI is InChI=1S/C6H12N2/c1-6(2-3-6)4-5(7)8/h2-4H2,1H3,(H3,7,8). The SMILES string of the molecule is CC1(CC(=N)N)CC1. The van der Waals surface area contributed by atoms with E-state index in [1.54, 1.807) is 0 Å². The largest absolute Gasteiger partial charge is 0.388 e. The van der Waals surface area contributed by atoms with Crippen LogP contribution in [0.4, 0.5) is 0 Å². The summed E-state index contributed by atoms with van der Waals surface area (Å²) in [5.41, 5.74) is 5.62. The van der Waals surface area contributed by atoms with Crippen molar-refractivity contribution >= 4 is 5.84 Å². The molecule has 0 unspecified atom stereocenters. The van der Waals surface area contributed by atoms with Crippen LogP contribution in [0.15, 0.2) is 0 Å². The first-order chi connectivity index (χ1) is 3.62. The summed E-state index contributed by atoms with van der Waals surface area (Å²) in [6, 6.07) is 0. The van der Waals surface area contributed by atoms with Crippen LogP contribution in [0.2, 0.25) is 0 Å². The van der Waals surface area contributed by atoms with E-state index >= 15 is 0 Å². The number of nitrogens with two attached hydrogens (primary N) is 1. The molecule has 0 aliphatic heterocycles. The van der Waals surface area contributed by atoms with Gasteiger partial charge in [-0.25, -0.2) is 0 Å². The maximum Gasteiger partial charge on any atom is 0.0910 e. The second-order valence-electron chi connectivity index (χ2n) is 3.01. The third-order valence-electron chi connectivity index (χ3n) is 1.72. The average molecular weight is 112 g/mol. The molecule has 3 N–H and O–H groups in total. The Bertz CT molecular complexity index is 114. The third-order valence-corrected chi connectivity index (χ3v) is 1.72. The summed E-state index contributed by atoms with van der Waals surface area (Å²) in [4.78, 5) is 0. The van der Waals surface area contributed by atoms with E-state index in [4.69, 9.17) is 11.1 Å². The molecule has 0 spiro atoms. The van der Waals surface area contributed by atoms with E-state index in [1.807, 2.05) is 0 Å². The van der Waals surface area contributed by atoms with Crippen LogP contribution in [-0.2, 0) is 0 Å². The molecule has 0 aromatic carbocycles. The average Bonchev–Trinajstić information content (AvgIpc) is 2.17. The van der Waals surface area contributed by atoms with E-state index in [-0.39, 0.29) is 0 Å². The van der Waals surface area contributed by atoms with Gasteiger partial charge < -0.3 is 5.73 Å². The topological polar surface area (TPSA) is 49.9 Å². The number of rotatable bonds is 2. The smallest absolute Gasteiger partial charge is 0.0910 e. The number of hydrogen-bond donors (Lipinski definition) is 2. The molecule has 0 atom stereocenters. The van der Waals surface area contributed by atoms with Crippen molar-refractivity contribution in [1.82, 2.24) is 0 Å². The fourth-order valence-electron chi connectivity index (χ4n) is 0.850. The van der Waals surface area contributed by atoms with Crippen molar-refractivity contribution in [2.75, 3.05) is 0 Å². The van der Waals surface area contributed by atoms with Crippen molar-refractivity contribution in [3.63, 3.8) is 0 Å². The van der Waals surface area contributed by atoms with Crippen LogP contribution < -0.4 is 5.73 Å². The molecule has 0 aromatic rings. The van der Waals surface area contributed by atoms with Gasteiger partial charge in [0.1, 0.15) is 0 Å². The number of hydrogen-bond acceptors (Lipinski definition) is 1. The molecule has 0 radical (unpaired) electrons. The Morgan fingerprint density at radius 2 is 2.25 bits per heavy atom. The van der Waals surface area contributed by atoms with Crippen LogP contribution in [0.1, 0.15) is 26.2 Å². The molecule has 8 heavy (non-hydrogen) atoms. The molecule has 1 rings (SSSR count). The van der Waals surface area contributed by atoms with Crippen LogP contribution in [-0.4, -0.2) is 5.84 Å². The highest BCUT2D eigenvalue weighted by atomic mass is 14.7. The van der Waals surface area contributed by atoms with Crippen molar-refractivity contribution in [3.8, 4) is 0 Å². The molecule has 1 aliphatic rings. The summed E-state index contributed by atoms with van der Waals surface area (Å²) in [5.74, 6) is 0.338. The van der Waals surface area contributed by atoms with Crippen LogP contribution in [0, 0.1) is 10.8 Å². The summed E-state index contributed by atoms with van der Waals surface area (Å²) in [7, 11) is 0. The second-order valence-corrected chi connectivity index (χ2v) is 3.01. The molecule has 0 heterocycles. The molecular formula is C6H12N2. The van der Waals surface area contributed by atoms with Crippen LogP contribution >= 0.6 is 0 Å². The maximum absolute atomic E-state index is 6.97. The van der Waals surface area contributed by atoms with Crippen LogP contribution in [0.3, 0.4) is 0 Å². The van der Waals surface area contributed by atoms with Crippen molar-refractivity contribution in [2.24, 2.45) is 11.1 Å². The molecule has 0 saturated heterocycles. The molecule has 46 valence electrons. The Morgan fingerprint density at radius 3 is 2.38 bits per heavy atom. The minimum atomic E-state index is 0.338. The van der Waals surface area contributed by atoms with Crippen molar-refractivity contribution in [1.29, 1.82) is 5.41 Å². The first kappa shape index (κ1) is 5.60. The van der Waals surface area contributed by atoms with E-state index in [1.165, 1.54) is 12.8 Å². The van der Waals surface area contributed by atoms with Gasteiger partial charge in [0.25, 0.3) is 0 Å². The van der Waals surface area contributed by atoms with E-state index in [2.05, 4.69) is 6.92 Å². The quantitative estimate of drug-likeness (QED) is 0.408. The predicted molar refractivity (Wildman–Crippen MR) is 33.9 cm³/mol. The van der Waals surface area contributed by atoms with E-state index < -0.39 is 0 Å². The predicted octanol–water partition coefficient (Wildman–Crippen LogP) is 1.11. The van der Waals surface area contributed by atoms with Gasteiger partial charge in [-0.1, -0.05) is 6.92 Å². The summed E-state index contributed by atoms with van der Waals surface area (Å²) < 4.78 is 0. The second kappa shape index (κ2) is 1.47. The molecule has 0 aromatic heterocycles. The fraction of sp³-hybridized carbons (Fsp3) is 0.833. The molecule has 0 bridgehead atoms. The zero-order valence-electron chi connectivity index (χ0n) is 5.20. The van der Waals surface area contributed by atoms with Crippen LogP contribution in [0.5, 0.6) is 0 Å². The van der Waals surface area contributed by atoms with Gasteiger partial charge in [0.05, 0.1) is 5.84 Å². The number of amidine groups is 1. The Balaban J connectivity index is 2.29. The van der Waals surface area contributed by atoms with Crippen molar-refractivity contribution in [2.45, 2.75) is 26.2 Å². The first-order valence-electron chi connectivity index (χ1n) is 2.95. The fourth-order valence-corrected chi connectivity index (χ4v) is 0.850. The summed E-state index contributed by atoms with van der Waals surface area (Å²) >= 11 is 0. The Hall–Kier alpha value is -0.530. The normalized spacial score (nSPS) is 22.6. The highest BCUT2D eigenvalue weighted by Gasteiger charge is 2.37. The lowest BCUT2D eigenvalue weighted by Gasteiger charge is -2.03. The summed E-state index contributed by atoms with van der Waals surface area (Å²) in [6.45, 7) is 2.17. The summed E-state index contributed by atoms with van der Waals surface area (Å²) in [6.07, 6.45) is 3.31. The van der Waals surface area contributed by atoms with E-state index in [9.17, 15) is 0 Å². The van der Waals surface area contributed by atoms with Gasteiger partial charge in [-0.2, -0.15) is 0 Å². The van der Waals surface area contributed by atoms with E-state index in [0.717, 1.165) is 6.42 Å². The van der Waals surface area contributed by atoms with Gasteiger partial charge in [-0.3, -0.25) is 5.41 Å². The lowest BCUT2D eigenvalue weighted by atomic mass is 10.1. The Kier molecular flexibility index (Phi) is 1.03. The first-order valence-corrected chi connectivity index (χ1v) is 2.95. The lowest BCUT2D eigenvalue weighted by molar-refractivity contribution is 0.599. The van der Waals surface area contributed by atoms with Gasteiger partial charge in [0, 0.05) is 6.42 Å². The van der Waals surface area contributed by atoms with Crippen molar-refractivity contribution in [3.05, 3.63) is 0 Å². The zero-order valence-corrected chi connectivity index (χ0v) is 5.20. The monoisotopic (exact) mass is 112 g/mol.